The predicted octanol–water partition coefficient (Wildman–Crippen LogP) is 12.3. The van der Waals surface area contributed by atoms with Gasteiger partial charge in [0, 0.05) is 22.5 Å². The molecular weight excluding hydrogens is 530 g/mol. The number of hydrogen-bond acceptors (Lipinski definition) is 1. The molecular formula is C43H39N. The minimum absolute atomic E-state index is 0.0510. The van der Waals surface area contributed by atoms with Gasteiger partial charge in [-0.2, -0.15) is 0 Å². The second kappa shape index (κ2) is 10.8. The van der Waals surface area contributed by atoms with Gasteiger partial charge in [-0.3, -0.25) is 0 Å². The first-order chi connectivity index (χ1) is 21.6. The number of rotatable bonds is 5. The van der Waals surface area contributed by atoms with Gasteiger partial charge in [0.2, 0.25) is 0 Å². The van der Waals surface area contributed by atoms with E-state index in [-0.39, 0.29) is 5.41 Å². The van der Waals surface area contributed by atoms with Gasteiger partial charge in [0.25, 0.3) is 0 Å². The first-order valence-corrected chi connectivity index (χ1v) is 16.3. The predicted molar refractivity (Wildman–Crippen MR) is 187 cm³/mol. The van der Waals surface area contributed by atoms with Crippen LogP contribution in [0.15, 0.2) is 133 Å². The summed E-state index contributed by atoms with van der Waals surface area (Å²) in [6, 6.07) is 49.9. The van der Waals surface area contributed by atoms with Crippen molar-refractivity contribution in [3.05, 3.63) is 150 Å². The van der Waals surface area contributed by atoms with Gasteiger partial charge in [-0.1, -0.05) is 130 Å². The molecule has 6 aromatic carbocycles. The van der Waals surface area contributed by atoms with Gasteiger partial charge in [-0.25, -0.2) is 0 Å². The van der Waals surface area contributed by atoms with Crippen molar-refractivity contribution in [3.8, 4) is 22.3 Å². The second-order valence-electron chi connectivity index (χ2n) is 13.3. The zero-order valence-corrected chi connectivity index (χ0v) is 25.8. The molecule has 0 saturated heterocycles. The summed E-state index contributed by atoms with van der Waals surface area (Å²) in [5.74, 6) is 0.737. The molecule has 0 atom stereocenters. The highest BCUT2D eigenvalue weighted by molar-refractivity contribution is 5.91. The Hall–Kier alpha value is -4.62. The van der Waals surface area contributed by atoms with Gasteiger partial charge >= 0.3 is 0 Å². The topological polar surface area (TPSA) is 3.24 Å². The van der Waals surface area contributed by atoms with E-state index >= 15 is 0 Å². The molecule has 2 aliphatic rings. The molecule has 6 aromatic rings. The summed E-state index contributed by atoms with van der Waals surface area (Å²) in [6.45, 7) is 4.71. The van der Waals surface area contributed by atoms with Crippen LogP contribution in [0.5, 0.6) is 0 Å². The van der Waals surface area contributed by atoms with Crippen molar-refractivity contribution in [1.29, 1.82) is 0 Å². The zero-order valence-electron chi connectivity index (χ0n) is 25.8. The molecule has 2 aliphatic carbocycles. The van der Waals surface area contributed by atoms with Gasteiger partial charge in [0.1, 0.15) is 0 Å². The van der Waals surface area contributed by atoms with Crippen molar-refractivity contribution in [2.75, 3.05) is 4.90 Å². The SMILES string of the molecule is CC1(C)c2ccccc2-c2ccc(N(c3ccc(-c4ccc(C5CCCCC5)cc4)cc3)c3ccc4ccccc4c3)cc21. The Balaban J connectivity index is 1.19. The maximum absolute atomic E-state index is 2.42. The number of nitrogens with zero attached hydrogens (tertiary/aromatic N) is 1. The van der Waals surface area contributed by atoms with Crippen LogP contribution >= 0.6 is 0 Å². The standard InChI is InChI=1S/C43H39N/c1-43(2)41-15-9-8-14-39(41)40-27-26-38(29-42(40)43)44(37-25-22-31-12-6-7-13-35(31)28-37)36-23-20-34(21-24-36)33-18-16-32(17-19-33)30-10-4-3-5-11-30/h6-9,12-30H,3-5,10-11H2,1-2H3. The summed E-state index contributed by atoms with van der Waals surface area (Å²) in [5.41, 5.74) is 13.0. The average molecular weight is 570 g/mol. The first kappa shape index (κ1) is 27.0. The maximum Gasteiger partial charge on any atom is 0.0468 e. The molecule has 1 fully saturated rings. The van der Waals surface area contributed by atoms with E-state index in [0.29, 0.717) is 0 Å². The number of fused-ring (bicyclic) bond motifs is 4. The third kappa shape index (κ3) is 4.63. The number of anilines is 3. The molecule has 0 aromatic heterocycles. The fourth-order valence-corrected chi connectivity index (χ4v) is 7.78. The fraction of sp³-hybridized carbons (Fsp3) is 0.209. The Kier molecular flexibility index (Phi) is 6.64. The van der Waals surface area contributed by atoms with Crippen molar-refractivity contribution >= 4 is 27.8 Å². The van der Waals surface area contributed by atoms with Crippen LogP contribution in [0.3, 0.4) is 0 Å². The highest BCUT2D eigenvalue weighted by atomic mass is 15.1. The van der Waals surface area contributed by atoms with Crippen LogP contribution in [0.1, 0.15) is 68.6 Å². The summed E-state index contributed by atoms with van der Waals surface area (Å²) < 4.78 is 0. The van der Waals surface area contributed by atoms with Crippen LogP contribution < -0.4 is 4.90 Å². The van der Waals surface area contributed by atoms with Crippen LogP contribution in [0.4, 0.5) is 17.1 Å². The Morgan fingerprint density at radius 2 is 1.09 bits per heavy atom. The van der Waals surface area contributed by atoms with E-state index in [9.17, 15) is 0 Å². The lowest BCUT2D eigenvalue weighted by atomic mass is 9.82. The third-order valence-electron chi connectivity index (χ3n) is 10.3. The van der Waals surface area contributed by atoms with E-state index in [1.807, 2.05) is 0 Å². The normalized spacial score (nSPS) is 15.6. The molecule has 0 radical (unpaired) electrons. The number of benzene rings is 6. The summed E-state index contributed by atoms with van der Waals surface area (Å²) in [4.78, 5) is 2.42. The lowest BCUT2D eigenvalue weighted by Gasteiger charge is -2.28. The van der Waals surface area contributed by atoms with Crippen molar-refractivity contribution in [2.45, 2.75) is 57.3 Å². The summed E-state index contributed by atoms with van der Waals surface area (Å²) in [6.07, 6.45) is 6.82. The van der Waals surface area contributed by atoms with Gasteiger partial charge < -0.3 is 4.90 Å². The zero-order chi connectivity index (χ0) is 29.7. The van der Waals surface area contributed by atoms with E-state index < -0.39 is 0 Å². The van der Waals surface area contributed by atoms with Crippen molar-refractivity contribution in [3.63, 3.8) is 0 Å². The molecule has 0 heterocycles. The minimum Gasteiger partial charge on any atom is -0.310 e. The molecule has 216 valence electrons. The average Bonchev–Trinajstić information content (AvgIpc) is 3.31. The molecule has 1 heteroatoms. The Morgan fingerprint density at radius 1 is 0.500 bits per heavy atom. The highest BCUT2D eigenvalue weighted by Crippen LogP contribution is 2.50. The smallest absolute Gasteiger partial charge is 0.0468 e. The summed E-state index contributed by atoms with van der Waals surface area (Å²) >= 11 is 0. The van der Waals surface area contributed by atoms with Gasteiger partial charge in [0.15, 0.2) is 0 Å². The molecule has 1 nitrogen and oxygen atoms in total. The van der Waals surface area contributed by atoms with Crippen LogP contribution in [-0.4, -0.2) is 0 Å². The van der Waals surface area contributed by atoms with Crippen LogP contribution in [0.25, 0.3) is 33.0 Å². The molecule has 0 spiro atoms. The van der Waals surface area contributed by atoms with Crippen LogP contribution in [-0.2, 0) is 5.41 Å². The lowest BCUT2D eigenvalue weighted by molar-refractivity contribution is 0.443. The summed E-state index contributed by atoms with van der Waals surface area (Å²) in [7, 11) is 0. The Bertz CT molecular complexity index is 1960. The van der Waals surface area contributed by atoms with Gasteiger partial charge in [-0.05, 0) is 105 Å². The second-order valence-corrected chi connectivity index (χ2v) is 13.3. The van der Waals surface area contributed by atoms with Crippen molar-refractivity contribution < 1.29 is 0 Å². The highest BCUT2D eigenvalue weighted by Gasteiger charge is 2.35. The largest absolute Gasteiger partial charge is 0.310 e. The van der Waals surface area contributed by atoms with E-state index in [4.69, 9.17) is 0 Å². The molecule has 1 saturated carbocycles. The third-order valence-corrected chi connectivity index (χ3v) is 10.3. The minimum atomic E-state index is -0.0510. The van der Waals surface area contributed by atoms with Crippen LogP contribution in [0.2, 0.25) is 0 Å². The van der Waals surface area contributed by atoms with E-state index in [1.54, 1.807) is 0 Å². The monoisotopic (exact) mass is 569 g/mol. The Morgan fingerprint density at radius 3 is 1.86 bits per heavy atom. The molecule has 0 unspecified atom stereocenters. The molecule has 0 aliphatic heterocycles. The molecule has 44 heavy (non-hydrogen) atoms. The number of hydrogen-bond donors (Lipinski definition) is 0. The van der Waals surface area contributed by atoms with E-state index in [0.717, 1.165) is 11.6 Å². The van der Waals surface area contributed by atoms with Crippen LogP contribution in [0, 0.1) is 0 Å². The van der Waals surface area contributed by atoms with E-state index in [2.05, 4.69) is 152 Å². The molecule has 0 bridgehead atoms. The molecule has 0 N–H and O–H groups in total. The lowest BCUT2D eigenvalue weighted by Crippen LogP contribution is -2.16. The van der Waals surface area contributed by atoms with Gasteiger partial charge in [0.05, 0.1) is 0 Å². The summed E-state index contributed by atoms with van der Waals surface area (Å²) in [5, 5.41) is 2.51. The first-order valence-electron chi connectivity index (χ1n) is 16.3. The Labute approximate surface area is 261 Å². The van der Waals surface area contributed by atoms with Crippen molar-refractivity contribution in [1.82, 2.24) is 0 Å². The fourth-order valence-electron chi connectivity index (χ4n) is 7.78. The van der Waals surface area contributed by atoms with Gasteiger partial charge in [-0.15, -0.1) is 0 Å². The van der Waals surface area contributed by atoms with E-state index in [1.165, 1.54) is 93.2 Å². The van der Waals surface area contributed by atoms with Crippen molar-refractivity contribution in [2.24, 2.45) is 0 Å². The molecule has 8 rings (SSSR count). The molecule has 0 amide bonds. The maximum atomic E-state index is 2.42. The quantitative estimate of drug-likeness (QED) is 0.200.